The summed E-state index contributed by atoms with van der Waals surface area (Å²) in [6.07, 6.45) is 4.48. The Morgan fingerprint density at radius 1 is 1.38 bits per heavy atom. The molecule has 7 heteroatoms. The minimum atomic E-state index is -0.277. The zero-order valence-corrected chi connectivity index (χ0v) is 15.4. The number of pyridine rings is 1. The molecule has 2 amide bonds. The Hall–Kier alpha value is -2.31. The molecule has 0 atom stereocenters. The van der Waals surface area contributed by atoms with Gasteiger partial charge in [-0.05, 0) is 50.2 Å². The van der Waals surface area contributed by atoms with Gasteiger partial charge in [-0.25, -0.2) is 9.78 Å². The lowest BCUT2D eigenvalue weighted by atomic mass is 9.94. The van der Waals surface area contributed by atoms with Crippen molar-refractivity contribution in [1.82, 2.24) is 15.2 Å². The van der Waals surface area contributed by atoms with Gasteiger partial charge in [-0.1, -0.05) is 6.07 Å². The number of nitrogens with zero attached hydrogens (tertiary/aromatic N) is 2. The van der Waals surface area contributed by atoms with Gasteiger partial charge in [0.1, 0.15) is 5.82 Å². The van der Waals surface area contributed by atoms with Crippen molar-refractivity contribution in [3.8, 4) is 0 Å². The summed E-state index contributed by atoms with van der Waals surface area (Å²) in [5.41, 5.74) is 2.43. The Labute approximate surface area is 154 Å². The van der Waals surface area contributed by atoms with Crippen LogP contribution in [0.15, 0.2) is 12.1 Å². The quantitative estimate of drug-likeness (QED) is 0.727. The smallest absolute Gasteiger partial charge is 0.317 e. The Kier molecular flexibility index (Phi) is 6.30. The Morgan fingerprint density at radius 3 is 3.04 bits per heavy atom. The van der Waals surface area contributed by atoms with E-state index in [2.05, 4.69) is 22.8 Å². The molecule has 3 rings (SSSR count). The van der Waals surface area contributed by atoms with E-state index in [9.17, 15) is 9.59 Å². The van der Waals surface area contributed by atoms with Crippen LogP contribution in [-0.4, -0.2) is 54.7 Å². The maximum Gasteiger partial charge on any atom is 0.317 e. The van der Waals surface area contributed by atoms with Crippen molar-refractivity contribution in [3.05, 3.63) is 23.4 Å². The molecule has 1 fully saturated rings. The van der Waals surface area contributed by atoms with Crippen LogP contribution in [0.1, 0.15) is 37.4 Å². The number of nitrogens with one attached hydrogen (secondary N) is 2. The maximum absolute atomic E-state index is 12.0. The molecule has 0 aliphatic carbocycles. The summed E-state index contributed by atoms with van der Waals surface area (Å²) in [6, 6.07) is 4.22. The molecule has 26 heavy (non-hydrogen) atoms. The van der Waals surface area contributed by atoms with E-state index in [1.165, 1.54) is 12.0 Å². The third-order valence-corrected chi connectivity index (χ3v) is 4.92. The standard InChI is InChI=1S/C19H28N4O3/c1-2-26-17(24)9-11-21-19(25)23-12-14(13-23)5-7-16-8-6-15-4-3-10-20-18(15)22-16/h6,8,14H,2-5,7,9-13H2,1H3,(H,20,22)(H,21,25). The van der Waals surface area contributed by atoms with Crippen LogP contribution in [0.2, 0.25) is 0 Å². The van der Waals surface area contributed by atoms with Crippen LogP contribution in [0.25, 0.3) is 0 Å². The number of carbonyl (C=O) groups excluding carboxylic acids is 2. The first-order valence-electron chi connectivity index (χ1n) is 9.56. The number of anilines is 1. The highest BCUT2D eigenvalue weighted by atomic mass is 16.5. The average molecular weight is 360 g/mol. The lowest BCUT2D eigenvalue weighted by Gasteiger charge is -2.39. The first-order chi connectivity index (χ1) is 12.7. The minimum absolute atomic E-state index is 0.0957. The second-order valence-electron chi connectivity index (χ2n) is 6.94. The summed E-state index contributed by atoms with van der Waals surface area (Å²) in [4.78, 5) is 29.7. The first kappa shape index (κ1) is 18.5. The van der Waals surface area contributed by atoms with Crippen molar-refractivity contribution in [2.24, 2.45) is 5.92 Å². The fraction of sp³-hybridized carbons (Fsp3) is 0.632. The number of likely N-dealkylation sites (tertiary alicyclic amines) is 1. The number of urea groups is 1. The van der Waals surface area contributed by atoms with Crippen molar-refractivity contribution in [2.75, 3.05) is 38.1 Å². The van der Waals surface area contributed by atoms with E-state index >= 15 is 0 Å². The zero-order valence-electron chi connectivity index (χ0n) is 15.4. The van der Waals surface area contributed by atoms with Gasteiger partial charge in [0.2, 0.25) is 0 Å². The fourth-order valence-corrected chi connectivity index (χ4v) is 3.39. The molecule has 1 aromatic heterocycles. The maximum atomic E-state index is 12.0. The van der Waals surface area contributed by atoms with Crippen molar-refractivity contribution in [3.63, 3.8) is 0 Å². The van der Waals surface area contributed by atoms with Gasteiger partial charge in [-0.2, -0.15) is 0 Å². The van der Waals surface area contributed by atoms with E-state index < -0.39 is 0 Å². The molecular formula is C19H28N4O3. The second kappa shape index (κ2) is 8.87. The molecule has 0 radical (unpaired) electrons. The van der Waals surface area contributed by atoms with E-state index in [4.69, 9.17) is 9.72 Å². The number of amides is 2. The summed E-state index contributed by atoms with van der Waals surface area (Å²) < 4.78 is 4.84. The number of aromatic nitrogens is 1. The molecule has 0 saturated carbocycles. The van der Waals surface area contributed by atoms with Crippen molar-refractivity contribution < 1.29 is 14.3 Å². The van der Waals surface area contributed by atoms with Crippen molar-refractivity contribution >= 4 is 17.8 Å². The number of carbonyl (C=O) groups is 2. The Morgan fingerprint density at radius 2 is 2.23 bits per heavy atom. The van der Waals surface area contributed by atoms with E-state index in [0.29, 0.717) is 19.1 Å². The summed E-state index contributed by atoms with van der Waals surface area (Å²) in [7, 11) is 0. The number of esters is 1. The lowest BCUT2D eigenvalue weighted by Crippen LogP contribution is -2.54. The molecule has 0 aromatic carbocycles. The van der Waals surface area contributed by atoms with Crippen LogP contribution in [0, 0.1) is 5.92 Å². The molecule has 0 spiro atoms. The summed E-state index contributed by atoms with van der Waals surface area (Å²) in [5.74, 6) is 1.29. The third kappa shape index (κ3) is 4.86. The predicted octanol–water partition coefficient (Wildman–Crippen LogP) is 1.97. The number of hydrogen-bond donors (Lipinski definition) is 2. The molecule has 2 N–H and O–H groups in total. The van der Waals surface area contributed by atoms with Gasteiger partial charge >= 0.3 is 12.0 Å². The van der Waals surface area contributed by atoms with E-state index in [-0.39, 0.29) is 18.4 Å². The summed E-state index contributed by atoms with van der Waals surface area (Å²) in [5, 5.41) is 6.14. The van der Waals surface area contributed by atoms with Gasteiger partial charge in [0, 0.05) is 31.9 Å². The van der Waals surface area contributed by atoms with Crippen LogP contribution < -0.4 is 10.6 Å². The topological polar surface area (TPSA) is 83.6 Å². The molecular weight excluding hydrogens is 332 g/mol. The first-order valence-corrected chi connectivity index (χ1v) is 9.56. The Balaban J connectivity index is 1.33. The molecule has 142 valence electrons. The molecule has 7 nitrogen and oxygen atoms in total. The highest BCUT2D eigenvalue weighted by Gasteiger charge is 2.30. The molecule has 1 aromatic rings. The molecule has 2 aliphatic rings. The molecule has 3 heterocycles. The van der Waals surface area contributed by atoms with E-state index in [1.54, 1.807) is 11.8 Å². The predicted molar refractivity (Wildman–Crippen MR) is 99.1 cm³/mol. The molecule has 0 unspecified atom stereocenters. The van der Waals surface area contributed by atoms with Crippen LogP contribution in [0.5, 0.6) is 0 Å². The highest BCUT2D eigenvalue weighted by Crippen LogP contribution is 2.23. The van der Waals surface area contributed by atoms with Crippen molar-refractivity contribution in [2.45, 2.75) is 39.0 Å². The molecule has 2 aliphatic heterocycles. The Bertz CT molecular complexity index is 644. The zero-order chi connectivity index (χ0) is 18.4. The number of fused-ring (bicyclic) bond motifs is 1. The monoisotopic (exact) mass is 360 g/mol. The van der Waals surface area contributed by atoms with Crippen LogP contribution in [0.3, 0.4) is 0 Å². The highest BCUT2D eigenvalue weighted by molar-refractivity contribution is 5.76. The number of ether oxygens (including phenoxy) is 1. The number of aryl methyl sites for hydroxylation is 2. The van der Waals surface area contributed by atoms with Gasteiger partial charge in [0.15, 0.2) is 0 Å². The largest absolute Gasteiger partial charge is 0.466 e. The SMILES string of the molecule is CCOC(=O)CCNC(=O)N1CC(CCc2ccc3c(n2)NCCC3)C1. The van der Waals surface area contributed by atoms with Gasteiger partial charge in [0.25, 0.3) is 0 Å². The second-order valence-corrected chi connectivity index (χ2v) is 6.94. The van der Waals surface area contributed by atoms with Gasteiger partial charge in [0.05, 0.1) is 13.0 Å². The fourth-order valence-electron chi connectivity index (χ4n) is 3.39. The van der Waals surface area contributed by atoms with Gasteiger partial charge < -0.3 is 20.3 Å². The molecule has 0 bridgehead atoms. The minimum Gasteiger partial charge on any atom is -0.466 e. The summed E-state index contributed by atoms with van der Waals surface area (Å²) in [6.45, 7) is 5.02. The van der Waals surface area contributed by atoms with Crippen LogP contribution >= 0.6 is 0 Å². The summed E-state index contributed by atoms with van der Waals surface area (Å²) >= 11 is 0. The molecule has 1 saturated heterocycles. The lowest BCUT2D eigenvalue weighted by molar-refractivity contribution is -0.142. The normalized spacial score (nSPS) is 16.3. The van der Waals surface area contributed by atoms with Crippen LogP contribution in [-0.2, 0) is 22.4 Å². The van der Waals surface area contributed by atoms with Crippen molar-refractivity contribution in [1.29, 1.82) is 0 Å². The number of hydrogen-bond acceptors (Lipinski definition) is 5. The van der Waals surface area contributed by atoms with Gasteiger partial charge in [-0.3, -0.25) is 4.79 Å². The van der Waals surface area contributed by atoms with Crippen LogP contribution in [0.4, 0.5) is 10.6 Å². The third-order valence-electron chi connectivity index (χ3n) is 4.92. The average Bonchev–Trinajstić information content (AvgIpc) is 2.60. The van der Waals surface area contributed by atoms with Gasteiger partial charge in [-0.15, -0.1) is 0 Å². The van der Waals surface area contributed by atoms with E-state index in [0.717, 1.165) is 50.4 Å². The number of rotatable bonds is 7. The van der Waals surface area contributed by atoms with E-state index in [1.807, 2.05) is 0 Å².